The van der Waals surface area contributed by atoms with Crippen LogP contribution in [0.3, 0.4) is 0 Å². The van der Waals surface area contributed by atoms with Crippen molar-refractivity contribution < 1.29 is 14.3 Å². The molecule has 0 radical (unpaired) electrons. The maximum absolute atomic E-state index is 13.2. The van der Waals surface area contributed by atoms with Crippen LogP contribution in [0.1, 0.15) is 12.5 Å². The molecule has 0 heterocycles. The third-order valence-corrected chi connectivity index (χ3v) is 3.11. The van der Waals surface area contributed by atoms with Crippen LogP contribution in [0.15, 0.2) is 54.6 Å². The van der Waals surface area contributed by atoms with Gasteiger partial charge in [0.25, 0.3) is 0 Å². The second kappa shape index (κ2) is 5.74. The van der Waals surface area contributed by atoms with E-state index in [2.05, 4.69) is 5.32 Å². The van der Waals surface area contributed by atoms with E-state index in [9.17, 15) is 14.3 Å². The van der Waals surface area contributed by atoms with Gasteiger partial charge < -0.3 is 10.4 Å². The van der Waals surface area contributed by atoms with Gasteiger partial charge in [-0.25, -0.2) is 9.18 Å². The predicted molar refractivity (Wildman–Crippen MR) is 76.2 cm³/mol. The van der Waals surface area contributed by atoms with Crippen molar-refractivity contribution in [3.8, 4) is 0 Å². The van der Waals surface area contributed by atoms with Crippen molar-refractivity contribution in [3.05, 3.63) is 66.0 Å². The molecule has 0 amide bonds. The van der Waals surface area contributed by atoms with E-state index in [-0.39, 0.29) is 12.2 Å². The van der Waals surface area contributed by atoms with E-state index in [0.717, 1.165) is 0 Å². The quantitative estimate of drug-likeness (QED) is 0.878. The van der Waals surface area contributed by atoms with Gasteiger partial charge in [-0.3, -0.25) is 0 Å². The lowest BCUT2D eigenvalue weighted by atomic mass is 9.92. The molecular formula is C16H16FNO2. The van der Waals surface area contributed by atoms with Crippen LogP contribution in [0.2, 0.25) is 0 Å². The highest BCUT2D eigenvalue weighted by atomic mass is 19.1. The molecule has 2 rings (SSSR count). The van der Waals surface area contributed by atoms with E-state index in [1.54, 1.807) is 31.2 Å². The number of anilines is 1. The SMILES string of the molecule is CC(Cc1cccc(F)c1)(Nc1ccccc1)C(=O)O. The van der Waals surface area contributed by atoms with Crippen LogP contribution in [0, 0.1) is 5.82 Å². The maximum Gasteiger partial charge on any atom is 0.329 e. The van der Waals surface area contributed by atoms with Crippen molar-refractivity contribution in [3.63, 3.8) is 0 Å². The highest BCUT2D eigenvalue weighted by Crippen LogP contribution is 2.20. The summed E-state index contributed by atoms with van der Waals surface area (Å²) in [5.74, 6) is -1.35. The third-order valence-electron chi connectivity index (χ3n) is 3.11. The van der Waals surface area contributed by atoms with Gasteiger partial charge in [-0.2, -0.15) is 0 Å². The molecule has 104 valence electrons. The molecule has 0 fully saturated rings. The summed E-state index contributed by atoms with van der Waals surface area (Å²) in [6.07, 6.45) is 0.189. The summed E-state index contributed by atoms with van der Waals surface area (Å²) >= 11 is 0. The molecule has 3 nitrogen and oxygen atoms in total. The third kappa shape index (κ3) is 3.35. The van der Waals surface area contributed by atoms with Crippen LogP contribution in [0.4, 0.5) is 10.1 Å². The Morgan fingerprint density at radius 3 is 2.50 bits per heavy atom. The largest absolute Gasteiger partial charge is 0.480 e. The van der Waals surface area contributed by atoms with E-state index in [1.807, 2.05) is 18.2 Å². The Morgan fingerprint density at radius 2 is 1.90 bits per heavy atom. The first-order valence-corrected chi connectivity index (χ1v) is 6.31. The number of carboxylic acid groups (broad SMARTS) is 1. The molecule has 1 unspecified atom stereocenters. The van der Waals surface area contributed by atoms with E-state index < -0.39 is 11.5 Å². The van der Waals surface area contributed by atoms with E-state index in [1.165, 1.54) is 12.1 Å². The number of carboxylic acids is 1. The number of hydrogen-bond acceptors (Lipinski definition) is 2. The molecule has 0 saturated heterocycles. The Bertz CT molecular complexity index is 600. The van der Waals surface area contributed by atoms with Gasteiger partial charge in [0, 0.05) is 12.1 Å². The van der Waals surface area contributed by atoms with Gasteiger partial charge in [0.1, 0.15) is 11.4 Å². The number of hydrogen-bond donors (Lipinski definition) is 2. The van der Waals surface area contributed by atoms with Crippen LogP contribution < -0.4 is 5.32 Å². The average Bonchev–Trinajstić information content (AvgIpc) is 2.39. The molecule has 0 saturated carbocycles. The van der Waals surface area contributed by atoms with Crippen molar-refractivity contribution in [2.24, 2.45) is 0 Å². The van der Waals surface area contributed by atoms with E-state index >= 15 is 0 Å². The Hall–Kier alpha value is -2.36. The molecule has 0 aliphatic rings. The van der Waals surface area contributed by atoms with Crippen molar-refractivity contribution in [1.29, 1.82) is 0 Å². The van der Waals surface area contributed by atoms with Crippen LogP contribution in [0.5, 0.6) is 0 Å². The lowest BCUT2D eigenvalue weighted by Crippen LogP contribution is -2.45. The maximum atomic E-state index is 13.2. The second-order valence-electron chi connectivity index (χ2n) is 4.93. The van der Waals surface area contributed by atoms with Crippen molar-refractivity contribution in [2.45, 2.75) is 18.9 Å². The first-order chi connectivity index (χ1) is 9.49. The molecular weight excluding hydrogens is 257 g/mol. The van der Waals surface area contributed by atoms with Gasteiger partial charge in [-0.1, -0.05) is 30.3 Å². The fraction of sp³-hybridized carbons (Fsp3) is 0.188. The normalized spacial score (nSPS) is 13.5. The molecule has 2 aromatic carbocycles. The number of carbonyl (C=O) groups is 1. The number of aliphatic carboxylic acids is 1. The fourth-order valence-electron chi connectivity index (χ4n) is 2.07. The molecule has 1 atom stereocenters. The smallest absolute Gasteiger partial charge is 0.329 e. The number of benzene rings is 2. The first-order valence-electron chi connectivity index (χ1n) is 6.31. The monoisotopic (exact) mass is 273 g/mol. The molecule has 0 aliphatic heterocycles. The van der Waals surface area contributed by atoms with Gasteiger partial charge in [0.15, 0.2) is 0 Å². The summed E-state index contributed by atoms with van der Waals surface area (Å²) in [4.78, 5) is 11.6. The minimum atomic E-state index is -1.20. The van der Waals surface area contributed by atoms with E-state index in [0.29, 0.717) is 11.3 Å². The highest BCUT2D eigenvalue weighted by Gasteiger charge is 2.33. The molecule has 0 aliphatic carbocycles. The minimum Gasteiger partial charge on any atom is -0.480 e. The summed E-state index contributed by atoms with van der Waals surface area (Å²) in [6.45, 7) is 1.59. The number of halogens is 1. The van der Waals surface area contributed by atoms with Gasteiger partial charge in [0.05, 0.1) is 0 Å². The number of para-hydroxylation sites is 1. The molecule has 4 heteroatoms. The molecule has 2 N–H and O–H groups in total. The van der Waals surface area contributed by atoms with Crippen LogP contribution in [-0.2, 0) is 11.2 Å². The number of nitrogens with one attached hydrogen (secondary N) is 1. The summed E-state index contributed by atoms with van der Waals surface area (Å²) in [7, 11) is 0. The van der Waals surface area contributed by atoms with Crippen molar-refractivity contribution in [1.82, 2.24) is 0 Å². The van der Waals surface area contributed by atoms with Gasteiger partial charge >= 0.3 is 5.97 Å². The summed E-state index contributed by atoms with van der Waals surface area (Å²) < 4.78 is 13.2. The average molecular weight is 273 g/mol. The van der Waals surface area contributed by atoms with E-state index in [4.69, 9.17) is 0 Å². The molecule has 20 heavy (non-hydrogen) atoms. The van der Waals surface area contributed by atoms with Gasteiger partial charge in [-0.15, -0.1) is 0 Å². The van der Waals surface area contributed by atoms with Crippen LogP contribution in [-0.4, -0.2) is 16.6 Å². The lowest BCUT2D eigenvalue weighted by molar-refractivity contribution is -0.141. The summed E-state index contributed by atoms with van der Waals surface area (Å²) in [5, 5.41) is 12.5. The van der Waals surface area contributed by atoms with Gasteiger partial charge in [0.2, 0.25) is 0 Å². The molecule has 0 bridgehead atoms. The van der Waals surface area contributed by atoms with Crippen LogP contribution in [0.25, 0.3) is 0 Å². The topological polar surface area (TPSA) is 49.3 Å². The molecule has 0 spiro atoms. The van der Waals surface area contributed by atoms with Gasteiger partial charge in [-0.05, 0) is 36.8 Å². The standard InChI is InChI=1S/C16H16FNO2/c1-16(15(19)20,18-14-8-3-2-4-9-14)11-12-6-5-7-13(17)10-12/h2-10,18H,11H2,1H3,(H,19,20). The second-order valence-corrected chi connectivity index (χ2v) is 4.93. The number of rotatable bonds is 5. The zero-order valence-corrected chi connectivity index (χ0v) is 11.1. The molecule has 2 aromatic rings. The zero-order valence-electron chi connectivity index (χ0n) is 11.1. The highest BCUT2D eigenvalue weighted by molar-refractivity contribution is 5.82. The summed E-state index contributed by atoms with van der Waals surface area (Å²) in [5.41, 5.74) is 0.155. The minimum absolute atomic E-state index is 0.189. The van der Waals surface area contributed by atoms with Crippen molar-refractivity contribution >= 4 is 11.7 Å². The Balaban J connectivity index is 2.23. The lowest BCUT2D eigenvalue weighted by Gasteiger charge is -2.27. The summed E-state index contributed by atoms with van der Waals surface area (Å²) in [6, 6.07) is 15.1. The predicted octanol–water partition coefficient (Wildman–Crippen LogP) is 3.32. The first kappa shape index (κ1) is 14.1. The van der Waals surface area contributed by atoms with Crippen LogP contribution >= 0.6 is 0 Å². The Labute approximate surface area is 117 Å². The Morgan fingerprint density at radius 1 is 1.20 bits per heavy atom. The van der Waals surface area contributed by atoms with Crippen molar-refractivity contribution in [2.75, 3.05) is 5.32 Å². The molecule has 0 aromatic heterocycles. The fourth-order valence-corrected chi connectivity index (χ4v) is 2.07. The Kier molecular flexibility index (Phi) is 4.03. The zero-order chi connectivity index (χ0) is 14.6.